The summed E-state index contributed by atoms with van der Waals surface area (Å²) in [5.74, 6) is 0.850. The predicted octanol–water partition coefficient (Wildman–Crippen LogP) is 4.87. The molecule has 0 aliphatic heterocycles. The second-order valence-corrected chi connectivity index (χ2v) is 8.53. The number of nitro groups is 1. The maximum atomic E-state index is 12.7. The number of carbonyl (C=O) groups excluding carboxylic acids is 1. The second kappa shape index (κ2) is 10.6. The van der Waals surface area contributed by atoms with Crippen molar-refractivity contribution in [1.29, 1.82) is 0 Å². The van der Waals surface area contributed by atoms with Crippen molar-refractivity contribution in [2.75, 3.05) is 5.32 Å². The molecule has 4 aromatic rings. The Bertz CT molecular complexity index is 1260. The Labute approximate surface area is 199 Å². The van der Waals surface area contributed by atoms with Crippen LogP contribution in [0.2, 0.25) is 0 Å². The number of carbonyl (C=O) groups is 1. The minimum atomic E-state index is -0.464. The minimum Gasteiger partial charge on any atom is -0.486 e. The van der Waals surface area contributed by atoms with Crippen LogP contribution in [0, 0.1) is 10.1 Å². The first-order valence-corrected chi connectivity index (χ1v) is 11.3. The van der Waals surface area contributed by atoms with E-state index in [9.17, 15) is 14.9 Å². The summed E-state index contributed by atoms with van der Waals surface area (Å²) >= 11 is 1.29. The normalized spacial score (nSPS) is 11.6. The number of non-ortho nitro benzene ring substituents is 1. The number of benzene rings is 3. The molecule has 34 heavy (non-hydrogen) atoms. The average Bonchev–Trinajstić information content (AvgIpc) is 3.26. The smallest absolute Gasteiger partial charge is 0.269 e. The zero-order valence-corrected chi connectivity index (χ0v) is 19.0. The van der Waals surface area contributed by atoms with Crippen molar-refractivity contribution >= 4 is 29.0 Å². The predicted molar refractivity (Wildman–Crippen MR) is 129 cm³/mol. The number of nitro benzene ring substituents is 1. The van der Waals surface area contributed by atoms with Crippen LogP contribution in [0.15, 0.2) is 90.1 Å². The quantitative estimate of drug-likeness (QED) is 0.209. The number of aromatic nitrogens is 3. The Morgan fingerprint density at radius 1 is 1.03 bits per heavy atom. The topological polar surface area (TPSA) is 112 Å². The third-order valence-electron chi connectivity index (χ3n) is 4.82. The highest BCUT2D eigenvalue weighted by Crippen LogP contribution is 2.27. The summed E-state index contributed by atoms with van der Waals surface area (Å²) in [5, 5.41) is 22.4. The molecule has 172 valence electrons. The lowest BCUT2D eigenvalue weighted by Gasteiger charge is -2.14. The van der Waals surface area contributed by atoms with E-state index in [1.54, 1.807) is 6.92 Å². The highest BCUT2D eigenvalue weighted by molar-refractivity contribution is 8.00. The summed E-state index contributed by atoms with van der Waals surface area (Å²) in [6.07, 6.45) is 0. The van der Waals surface area contributed by atoms with E-state index in [2.05, 4.69) is 15.5 Å². The molecular formula is C24H21N5O4S. The second-order valence-electron chi connectivity index (χ2n) is 7.22. The van der Waals surface area contributed by atoms with Crippen LogP contribution in [0.4, 0.5) is 11.4 Å². The van der Waals surface area contributed by atoms with Gasteiger partial charge in [0.05, 0.1) is 10.2 Å². The lowest BCUT2D eigenvalue weighted by atomic mass is 10.3. The zero-order valence-electron chi connectivity index (χ0n) is 18.2. The summed E-state index contributed by atoms with van der Waals surface area (Å²) in [4.78, 5) is 23.1. The first kappa shape index (κ1) is 23.0. The number of thioether (sulfide) groups is 1. The minimum absolute atomic E-state index is 0.0127. The fourth-order valence-electron chi connectivity index (χ4n) is 3.10. The lowest BCUT2D eigenvalue weighted by molar-refractivity contribution is -0.384. The summed E-state index contributed by atoms with van der Waals surface area (Å²) in [5.41, 5.74) is 1.54. The van der Waals surface area contributed by atoms with Crippen molar-refractivity contribution in [3.05, 3.63) is 101 Å². The number of ether oxygens (including phenoxy) is 1. The van der Waals surface area contributed by atoms with Crippen LogP contribution < -0.4 is 10.1 Å². The number of hydrogen-bond acceptors (Lipinski definition) is 7. The van der Waals surface area contributed by atoms with Crippen LogP contribution in [-0.2, 0) is 11.4 Å². The first-order valence-electron chi connectivity index (χ1n) is 10.4. The van der Waals surface area contributed by atoms with E-state index in [0.29, 0.717) is 16.7 Å². The molecule has 3 aromatic carbocycles. The first-order chi connectivity index (χ1) is 16.5. The molecule has 9 nitrogen and oxygen atoms in total. The molecule has 0 fully saturated rings. The van der Waals surface area contributed by atoms with Crippen LogP contribution in [0.3, 0.4) is 0 Å². The van der Waals surface area contributed by atoms with E-state index in [-0.39, 0.29) is 18.2 Å². The van der Waals surface area contributed by atoms with Crippen LogP contribution in [0.1, 0.15) is 12.7 Å². The van der Waals surface area contributed by atoms with Crippen molar-refractivity contribution in [1.82, 2.24) is 14.8 Å². The van der Waals surface area contributed by atoms with Gasteiger partial charge in [-0.1, -0.05) is 48.2 Å². The lowest BCUT2D eigenvalue weighted by Crippen LogP contribution is -2.22. The largest absolute Gasteiger partial charge is 0.486 e. The van der Waals surface area contributed by atoms with Gasteiger partial charge < -0.3 is 10.1 Å². The van der Waals surface area contributed by atoms with Crippen molar-refractivity contribution in [2.45, 2.75) is 23.9 Å². The van der Waals surface area contributed by atoms with Crippen LogP contribution >= 0.6 is 11.8 Å². The van der Waals surface area contributed by atoms with E-state index >= 15 is 0 Å². The van der Waals surface area contributed by atoms with Gasteiger partial charge >= 0.3 is 0 Å². The van der Waals surface area contributed by atoms with Gasteiger partial charge in [-0.15, -0.1) is 10.2 Å². The fourth-order valence-corrected chi connectivity index (χ4v) is 3.98. The van der Waals surface area contributed by atoms with E-state index in [1.165, 1.54) is 36.0 Å². The van der Waals surface area contributed by atoms with Crippen molar-refractivity contribution < 1.29 is 14.5 Å². The molecule has 0 bridgehead atoms. The highest BCUT2D eigenvalue weighted by atomic mass is 32.2. The van der Waals surface area contributed by atoms with Gasteiger partial charge in [-0.25, -0.2) is 0 Å². The molecular weight excluding hydrogens is 454 g/mol. The van der Waals surface area contributed by atoms with Gasteiger partial charge in [0.2, 0.25) is 5.91 Å². The van der Waals surface area contributed by atoms with Gasteiger partial charge in [-0.2, -0.15) is 0 Å². The monoisotopic (exact) mass is 475 g/mol. The van der Waals surface area contributed by atoms with Gasteiger partial charge in [0.15, 0.2) is 11.0 Å². The maximum Gasteiger partial charge on any atom is 0.269 e. The Morgan fingerprint density at radius 2 is 1.68 bits per heavy atom. The standard InChI is InChI=1S/C24H21N5O4S/c1-17(23(30)25-18-8-4-2-5-9-18)34-24-27-26-22(28(24)19-10-6-3-7-11-19)16-33-21-14-12-20(13-15-21)29(31)32/h2-15,17H,16H2,1H3,(H,25,30)/t17-/m0/s1. The summed E-state index contributed by atoms with van der Waals surface area (Å²) in [6, 6.07) is 24.6. The van der Waals surface area contributed by atoms with Crippen molar-refractivity contribution in [3.8, 4) is 11.4 Å². The molecule has 0 spiro atoms. The number of para-hydroxylation sites is 2. The van der Waals surface area contributed by atoms with Gasteiger partial charge in [0, 0.05) is 23.5 Å². The Kier molecular flexibility index (Phi) is 7.19. The Balaban J connectivity index is 1.52. The van der Waals surface area contributed by atoms with Crippen molar-refractivity contribution in [2.24, 2.45) is 0 Å². The van der Waals surface area contributed by atoms with E-state index in [4.69, 9.17) is 4.74 Å². The number of amides is 1. The number of nitrogens with one attached hydrogen (secondary N) is 1. The third-order valence-corrected chi connectivity index (χ3v) is 5.87. The van der Waals surface area contributed by atoms with Gasteiger partial charge in [-0.3, -0.25) is 19.5 Å². The molecule has 1 amide bonds. The molecule has 0 aliphatic carbocycles. The number of anilines is 1. The van der Waals surface area contributed by atoms with Crippen LogP contribution in [0.5, 0.6) is 5.75 Å². The van der Waals surface area contributed by atoms with Crippen molar-refractivity contribution in [3.63, 3.8) is 0 Å². The molecule has 0 saturated heterocycles. The molecule has 10 heteroatoms. The molecule has 0 radical (unpaired) electrons. The Morgan fingerprint density at radius 3 is 2.32 bits per heavy atom. The van der Waals surface area contributed by atoms with E-state index in [0.717, 1.165) is 11.4 Å². The molecule has 1 atom stereocenters. The highest BCUT2D eigenvalue weighted by Gasteiger charge is 2.21. The van der Waals surface area contributed by atoms with Gasteiger partial charge in [0.25, 0.3) is 5.69 Å². The summed E-state index contributed by atoms with van der Waals surface area (Å²) in [7, 11) is 0. The molecule has 0 saturated carbocycles. The van der Waals surface area contributed by atoms with Crippen LogP contribution in [-0.4, -0.2) is 30.8 Å². The maximum absolute atomic E-state index is 12.7. The summed E-state index contributed by atoms with van der Waals surface area (Å²) in [6.45, 7) is 1.89. The molecule has 0 unspecified atom stereocenters. The number of nitrogens with zero attached hydrogens (tertiary/aromatic N) is 4. The van der Waals surface area contributed by atoms with E-state index < -0.39 is 10.2 Å². The summed E-state index contributed by atoms with van der Waals surface area (Å²) < 4.78 is 7.63. The molecule has 1 N–H and O–H groups in total. The average molecular weight is 476 g/mol. The van der Waals surface area contributed by atoms with Crippen LogP contribution in [0.25, 0.3) is 5.69 Å². The molecule has 1 heterocycles. The number of hydrogen-bond donors (Lipinski definition) is 1. The van der Waals surface area contributed by atoms with Gasteiger partial charge in [-0.05, 0) is 43.3 Å². The Hall–Kier alpha value is -4.18. The van der Waals surface area contributed by atoms with E-state index in [1.807, 2.05) is 65.2 Å². The molecule has 0 aliphatic rings. The SMILES string of the molecule is C[C@H](Sc1nnc(COc2ccc([N+](=O)[O-])cc2)n1-c1ccccc1)C(=O)Nc1ccccc1. The van der Waals surface area contributed by atoms with Gasteiger partial charge in [0.1, 0.15) is 12.4 Å². The fraction of sp³-hybridized carbons (Fsp3) is 0.125. The zero-order chi connectivity index (χ0) is 23.9. The number of rotatable bonds is 9. The third kappa shape index (κ3) is 5.59. The molecule has 1 aromatic heterocycles. The molecule has 4 rings (SSSR count).